The van der Waals surface area contributed by atoms with Crippen LogP contribution < -0.4 is 4.74 Å². The molecule has 1 saturated carbocycles. The van der Waals surface area contributed by atoms with E-state index >= 15 is 4.39 Å². The number of carboxylic acids is 1. The van der Waals surface area contributed by atoms with Crippen LogP contribution in [0.2, 0.25) is 0 Å². The maximum atomic E-state index is 15.1. The lowest BCUT2D eigenvalue weighted by Gasteiger charge is -2.29. The topological polar surface area (TPSA) is 49.8 Å². The van der Waals surface area contributed by atoms with Crippen LogP contribution in [0.5, 0.6) is 5.75 Å². The van der Waals surface area contributed by atoms with Gasteiger partial charge in [-0.1, -0.05) is 50.2 Å². The molecule has 2 aliphatic heterocycles. The molecular formula is C35H40FNO3. The standard InChI is InChI=1S/C35H40FNO3/c1-3-23-6-14-31(36)30(18-23)29-13-11-26(19-28(29)21-37-16-4-5-17-37)32-15-12-24-7-10-27(20-33(24)40-32)34(25-8-9-25)22(2)35(38)39/h6-7,10-11,13-14,18-20,22,25,32,34H,3-5,8-9,12,15-17,21H2,1-2H3,(H,38,39)/t22-,32?,34-/m0/s1. The fraction of sp³-hybridized carbons (Fsp3) is 0.457. The molecule has 40 heavy (non-hydrogen) atoms. The maximum Gasteiger partial charge on any atom is 0.306 e. The van der Waals surface area contributed by atoms with E-state index in [1.807, 2.05) is 19.1 Å². The Morgan fingerprint density at radius 1 is 1.02 bits per heavy atom. The summed E-state index contributed by atoms with van der Waals surface area (Å²) in [4.78, 5) is 14.3. The second kappa shape index (κ2) is 11.4. The number of fused-ring (bicyclic) bond motifs is 1. The molecule has 1 unspecified atom stereocenters. The number of benzene rings is 3. The van der Waals surface area contributed by atoms with Crippen LogP contribution in [0.1, 0.15) is 85.8 Å². The Labute approximate surface area is 237 Å². The number of halogens is 1. The van der Waals surface area contributed by atoms with Crippen molar-refractivity contribution >= 4 is 5.97 Å². The van der Waals surface area contributed by atoms with Crippen molar-refractivity contribution in [2.45, 2.75) is 77.4 Å². The van der Waals surface area contributed by atoms with E-state index in [0.29, 0.717) is 11.5 Å². The van der Waals surface area contributed by atoms with E-state index in [1.165, 1.54) is 18.4 Å². The highest BCUT2D eigenvalue weighted by Gasteiger charge is 2.39. The van der Waals surface area contributed by atoms with Gasteiger partial charge < -0.3 is 9.84 Å². The minimum absolute atomic E-state index is 0.0203. The van der Waals surface area contributed by atoms with E-state index in [-0.39, 0.29) is 17.8 Å². The zero-order valence-electron chi connectivity index (χ0n) is 23.7. The number of likely N-dealkylation sites (tertiary alicyclic amines) is 1. The van der Waals surface area contributed by atoms with Gasteiger partial charge >= 0.3 is 5.97 Å². The third-order valence-electron chi connectivity index (χ3n) is 9.30. The normalized spacial score (nSPS) is 20.5. The van der Waals surface area contributed by atoms with E-state index in [1.54, 1.807) is 6.07 Å². The summed E-state index contributed by atoms with van der Waals surface area (Å²) in [6.45, 7) is 6.89. The molecule has 0 amide bonds. The van der Waals surface area contributed by atoms with Crippen molar-refractivity contribution in [2.24, 2.45) is 11.8 Å². The molecule has 2 fully saturated rings. The predicted octanol–water partition coefficient (Wildman–Crippen LogP) is 7.93. The zero-order valence-corrected chi connectivity index (χ0v) is 23.7. The molecule has 4 nitrogen and oxygen atoms in total. The molecule has 3 aromatic rings. The van der Waals surface area contributed by atoms with Gasteiger partial charge in [0.25, 0.3) is 0 Å². The molecule has 1 aliphatic carbocycles. The molecule has 0 aromatic heterocycles. The SMILES string of the molecule is CCc1ccc(F)c(-c2ccc(C3CCc4ccc([C@H](C5CC5)[C@H](C)C(=O)O)cc4O3)cc2CN2CCCC2)c1. The summed E-state index contributed by atoms with van der Waals surface area (Å²) in [5, 5.41) is 9.74. The molecule has 3 aromatic carbocycles. The Bertz CT molecular complexity index is 1390. The first-order valence-electron chi connectivity index (χ1n) is 15.1. The van der Waals surface area contributed by atoms with E-state index in [2.05, 4.69) is 48.2 Å². The number of hydrogen-bond acceptors (Lipinski definition) is 3. The molecule has 210 valence electrons. The van der Waals surface area contributed by atoms with Gasteiger partial charge in [-0.05, 0) is 121 Å². The van der Waals surface area contributed by atoms with Gasteiger partial charge in [-0.2, -0.15) is 0 Å². The monoisotopic (exact) mass is 541 g/mol. The summed E-state index contributed by atoms with van der Waals surface area (Å²) < 4.78 is 21.7. The molecule has 1 saturated heterocycles. The van der Waals surface area contributed by atoms with Gasteiger partial charge in [0.2, 0.25) is 0 Å². The number of aliphatic carboxylic acids is 1. The van der Waals surface area contributed by atoms with Gasteiger partial charge in [0.15, 0.2) is 0 Å². The van der Waals surface area contributed by atoms with Gasteiger partial charge in [0.1, 0.15) is 17.7 Å². The van der Waals surface area contributed by atoms with Crippen molar-refractivity contribution in [3.05, 3.63) is 88.2 Å². The molecule has 0 bridgehead atoms. The summed E-state index contributed by atoms with van der Waals surface area (Å²) in [6.07, 6.45) is 7.19. The largest absolute Gasteiger partial charge is 0.485 e. The third kappa shape index (κ3) is 5.54. The highest BCUT2D eigenvalue weighted by atomic mass is 19.1. The van der Waals surface area contributed by atoms with Crippen molar-refractivity contribution in [3.8, 4) is 16.9 Å². The number of nitrogens with zero attached hydrogens (tertiary/aromatic N) is 1. The highest BCUT2D eigenvalue weighted by Crippen LogP contribution is 2.48. The lowest BCUT2D eigenvalue weighted by atomic mass is 9.82. The average molecular weight is 542 g/mol. The first-order chi connectivity index (χ1) is 19.4. The molecule has 0 radical (unpaired) electrons. The second-order valence-corrected chi connectivity index (χ2v) is 12.1. The molecule has 6 rings (SSSR count). The molecular weight excluding hydrogens is 501 g/mol. The van der Waals surface area contributed by atoms with Gasteiger partial charge in [-0.25, -0.2) is 4.39 Å². The quantitative estimate of drug-likeness (QED) is 0.299. The number of carboxylic acid groups (broad SMARTS) is 1. The first kappa shape index (κ1) is 27.0. The first-order valence-corrected chi connectivity index (χ1v) is 15.1. The molecule has 1 N–H and O–H groups in total. The van der Waals surface area contributed by atoms with Crippen LogP contribution in [0.4, 0.5) is 4.39 Å². The summed E-state index contributed by atoms with van der Waals surface area (Å²) in [5.74, 6) is 0.00701. The van der Waals surface area contributed by atoms with E-state index in [9.17, 15) is 9.90 Å². The van der Waals surface area contributed by atoms with Gasteiger partial charge in [0, 0.05) is 12.1 Å². The maximum absolute atomic E-state index is 15.1. The smallest absolute Gasteiger partial charge is 0.306 e. The number of hydrogen-bond donors (Lipinski definition) is 1. The Morgan fingerprint density at radius 2 is 1.82 bits per heavy atom. The fourth-order valence-corrected chi connectivity index (χ4v) is 6.79. The third-order valence-corrected chi connectivity index (χ3v) is 9.30. The van der Waals surface area contributed by atoms with Crippen molar-refractivity contribution < 1.29 is 19.0 Å². The molecule has 5 heteroatoms. The van der Waals surface area contributed by atoms with Crippen LogP contribution in [0.25, 0.3) is 11.1 Å². The minimum Gasteiger partial charge on any atom is -0.485 e. The molecule has 3 aliphatic rings. The number of ether oxygens (including phenoxy) is 1. The summed E-state index contributed by atoms with van der Waals surface area (Å²) in [6, 6.07) is 18.3. The van der Waals surface area contributed by atoms with Crippen molar-refractivity contribution in [2.75, 3.05) is 13.1 Å². The van der Waals surface area contributed by atoms with E-state index in [0.717, 1.165) is 85.3 Å². The van der Waals surface area contributed by atoms with Crippen molar-refractivity contribution in [3.63, 3.8) is 0 Å². The molecule has 3 atom stereocenters. The average Bonchev–Trinajstić information content (AvgIpc) is 3.67. The predicted molar refractivity (Wildman–Crippen MR) is 156 cm³/mol. The Balaban J connectivity index is 1.31. The zero-order chi connectivity index (χ0) is 27.8. The highest BCUT2D eigenvalue weighted by molar-refractivity contribution is 5.71. The summed E-state index contributed by atoms with van der Waals surface area (Å²) in [7, 11) is 0. The van der Waals surface area contributed by atoms with Crippen molar-refractivity contribution in [1.29, 1.82) is 0 Å². The van der Waals surface area contributed by atoms with Crippen LogP contribution >= 0.6 is 0 Å². The fourth-order valence-electron chi connectivity index (χ4n) is 6.79. The van der Waals surface area contributed by atoms with Crippen LogP contribution in [0.3, 0.4) is 0 Å². The van der Waals surface area contributed by atoms with Gasteiger partial charge in [-0.15, -0.1) is 0 Å². The van der Waals surface area contributed by atoms with Crippen LogP contribution in [-0.2, 0) is 24.2 Å². The second-order valence-electron chi connectivity index (χ2n) is 12.1. The molecule has 2 heterocycles. The lowest BCUT2D eigenvalue weighted by Crippen LogP contribution is -2.22. The summed E-state index contributed by atoms with van der Waals surface area (Å²) >= 11 is 0. The molecule has 0 spiro atoms. The van der Waals surface area contributed by atoms with Gasteiger partial charge in [-0.3, -0.25) is 9.69 Å². The van der Waals surface area contributed by atoms with Crippen molar-refractivity contribution in [1.82, 2.24) is 4.90 Å². The lowest BCUT2D eigenvalue weighted by molar-refractivity contribution is -0.142. The van der Waals surface area contributed by atoms with Gasteiger partial charge in [0.05, 0.1) is 5.92 Å². The Morgan fingerprint density at radius 3 is 2.55 bits per heavy atom. The Hall–Kier alpha value is -3.18. The number of carbonyl (C=O) groups is 1. The number of aryl methyl sites for hydroxylation is 2. The van der Waals surface area contributed by atoms with Crippen LogP contribution in [0.15, 0.2) is 54.6 Å². The minimum atomic E-state index is -0.736. The van der Waals surface area contributed by atoms with Crippen LogP contribution in [0, 0.1) is 17.7 Å². The number of rotatable bonds is 9. The summed E-state index contributed by atoms with van der Waals surface area (Å²) in [5.41, 5.74) is 7.32. The Kier molecular flexibility index (Phi) is 7.67. The van der Waals surface area contributed by atoms with Crippen LogP contribution in [-0.4, -0.2) is 29.1 Å². The van der Waals surface area contributed by atoms with E-state index < -0.39 is 11.9 Å². The van der Waals surface area contributed by atoms with E-state index in [4.69, 9.17) is 4.74 Å².